The molecule has 0 aliphatic heterocycles. The molecular weight excluding hydrogens is 755 g/mol. The van der Waals surface area contributed by atoms with E-state index in [1.165, 1.54) is 10.8 Å². The van der Waals surface area contributed by atoms with Gasteiger partial charge in [-0.05, 0) is 119 Å². The predicted octanol–water partition coefficient (Wildman–Crippen LogP) is 16.8. The lowest BCUT2D eigenvalue weighted by atomic mass is 9.98. The fourth-order valence-corrected chi connectivity index (χ4v) is 8.72. The second kappa shape index (κ2) is 16.0. The van der Waals surface area contributed by atoms with E-state index in [2.05, 4.69) is 251 Å². The van der Waals surface area contributed by atoms with E-state index in [1.54, 1.807) is 0 Å². The first kappa shape index (κ1) is 36.7. The maximum atomic E-state index is 6.47. The largest absolute Gasteiger partial charge is 0.456 e. The van der Waals surface area contributed by atoms with Gasteiger partial charge < -0.3 is 19.1 Å². The lowest BCUT2D eigenvalue weighted by molar-refractivity contribution is 0.669. The van der Waals surface area contributed by atoms with Crippen LogP contribution < -0.4 is 14.7 Å². The van der Waals surface area contributed by atoms with E-state index < -0.39 is 0 Å². The van der Waals surface area contributed by atoms with Crippen molar-refractivity contribution in [1.29, 1.82) is 0 Å². The highest BCUT2D eigenvalue weighted by Crippen LogP contribution is 2.47. The molecule has 1 aromatic heterocycles. The van der Waals surface area contributed by atoms with E-state index in [0.717, 1.165) is 84.3 Å². The van der Waals surface area contributed by atoms with E-state index in [4.69, 9.17) is 4.42 Å². The number of anilines is 9. The zero-order chi connectivity index (χ0) is 41.2. The molecule has 62 heavy (non-hydrogen) atoms. The van der Waals surface area contributed by atoms with Crippen molar-refractivity contribution in [1.82, 2.24) is 0 Å². The Hall–Kier alpha value is -8.34. The molecule has 0 saturated carbocycles. The van der Waals surface area contributed by atoms with Crippen LogP contribution in [-0.4, -0.2) is 0 Å². The molecule has 10 aromatic carbocycles. The number of rotatable bonds is 10. The molecule has 0 amide bonds. The zero-order valence-electron chi connectivity index (χ0n) is 33.9. The molecule has 1 heterocycles. The lowest BCUT2D eigenvalue weighted by Gasteiger charge is -2.31. The second-order valence-electron chi connectivity index (χ2n) is 15.4. The van der Waals surface area contributed by atoms with Crippen LogP contribution in [0.15, 0.2) is 253 Å². The first-order valence-electron chi connectivity index (χ1n) is 21.0. The minimum Gasteiger partial charge on any atom is -0.456 e. The molecule has 4 heteroatoms. The maximum Gasteiger partial charge on any atom is 0.137 e. The molecular formula is C58H41N3O. The maximum absolute atomic E-state index is 6.47. The normalized spacial score (nSPS) is 11.2. The number of para-hydroxylation sites is 6. The topological polar surface area (TPSA) is 22.9 Å². The van der Waals surface area contributed by atoms with Gasteiger partial charge in [0.15, 0.2) is 0 Å². The Balaban J connectivity index is 1.17. The molecule has 11 aromatic rings. The molecule has 0 atom stereocenters. The average Bonchev–Trinajstić information content (AvgIpc) is 3.71. The Morgan fingerprint density at radius 2 is 0.726 bits per heavy atom. The smallest absolute Gasteiger partial charge is 0.137 e. The van der Waals surface area contributed by atoms with Gasteiger partial charge in [-0.1, -0.05) is 140 Å². The summed E-state index contributed by atoms with van der Waals surface area (Å²) in [5.41, 5.74) is 13.3. The molecule has 0 radical (unpaired) electrons. The Morgan fingerprint density at radius 1 is 0.258 bits per heavy atom. The summed E-state index contributed by atoms with van der Waals surface area (Å²) in [4.78, 5) is 7.07. The molecule has 0 spiro atoms. The van der Waals surface area contributed by atoms with Gasteiger partial charge in [-0.2, -0.15) is 0 Å². The number of fused-ring (bicyclic) bond motifs is 4. The van der Waals surface area contributed by atoms with Crippen molar-refractivity contribution in [2.75, 3.05) is 14.7 Å². The predicted molar refractivity (Wildman–Crippen MR) is 261 cm³/mol. The quantitative estimate of drug-likeness (QED) is 0.138. The summed E-state index contributed by atoms with van der Waals surface area (Å²) in [7, 11) is 0. The SMILES string of the molecule is c1ccc(N(c2ccccc2)c2cc(-c3ccccc3N(c3ccccc3)c3ccc4c(c3)oc3ccccc34)cc(N(c3ccccc3)c3ccc4ccccc4c3)c2)cc1. The molecule has 0 N–H and O–H groups in total. The van der Waals surface area contributed by atoms with Crippen molar-refractivity contribution in [2.24, 2.45) is 0 Å². The van der Waals surface area contributed by atoms with Crippen LogP contribution in [0.2, 0.25) is 0 Å². The molecule has 11 rings (SSSR count). The zero-order valence-corrected chi connectivity index (χ0v) is 33.9. The lowest BCUT2D eigenvalue weighted by Crippen LogP contribution is -2.14. The van der Waals surface area contributed by atoms with Crippen molar-refractivity contribution in [3.05, 3.63) is 249 Å². The monoisotopic (exact) mass is 795 g/mol. The van der Waals surface area contributed by atoms with Gasteiger partial charge in [-0.15, -0.1) is 0 Å². The van der Waals surface area contributed by atoms with Gasteiger partial charge in [-0.25, -0.2) is 0 Å². The van der Waals surface area contributed by atoms with Crippen molar-refractivity contribution < 1.29 is 4.42 Å². The summed E-state index contributed by atoms with van der Waals surface area (Å²) in [5.74, 6) is 0. The van der Waals surface area contributed by atoms with E-state index >= 15 is 0 Å². The van der Waals surface area contributed by atoms with Crippen LogP contribution in [0.4, 0.5) is 51.2 Å². The van der Waals surface area contributed by atoms with Gasteiger partial charge in [0.1, 0.15) is 11.2 Å². The van der Waals surface area contributed by atoms with E-state index in [-0.39, 0.29) is 0 Å². The fraction of sp³-hybridized carbons (Fsp3) is 0. The standard InChI is InChI=1S/C58H41N3O/c1-5-21-45(22-6-1)59(46-23-7-2-8-24-46)51-38-44(39-52(40-51)60(47-25-9-3-10-26-47)49-34-33-42-19-13-14-20-43(42)37-49)53-29-15-17-31-56(53)61(48-27-11-4-12-28-48)50-35-36-55-54-30-16-18-32-57(54)62-58(55)41-50/h1-41H. The Morgan fingerprint density at radius 3 is 1.37 bits per heavy atom. The highest BCUT2D eigenvalue weighted by atomic mass is 16.3. The number of hydrogen-bond acceptors (Lipinski definition) is 4. The third-order valence-corrected chi connectivity index (χ3v) is 11.5. The molecule has 0 aliphatic rings. The minimum absolute atomic E-state index is 0.849. The van der Waals surface area contributed by atoms with Crippen LogP contribution in [0.25, 0.3) is 43.8 Å². The fourth-order valence-electron chi connectivity index (χ4n) is 8.72. The third-order valence-electron chi connectivity index (χ3n) is 11.5. The Bertz CT molecular complexity index is 3270. The van der Waals surface area contributed by atoms with Crippen molar-refractivity contribution >= 4 is 83.9 Å². The summed E-state index contributed by atoms with van der Waals surface area (Å²) in [6.07, 6.45) is 0. The van der Waals surface area contributed by atoms with Crippen LogP contribution in [0.5, 0.6) is 0 Å². The summed E-state index contributed by atoms with van der Waals surface area (Å²) < 4.78 is 6.47. The third kappa shape index (κ3) is 6.90. The summed E-state index contributed by atoms with van der Waals surface area (Å²) in [6, 6.07) is 88.4. The first-order valence-corrected chi connectivity index (χ1v) is 21.0. The van der Waals surface area contributed by atoms with Crippen LogP contribution in [0.3, 0.4) is 0 Å². The van der Waals surface area contributed by atoms with Crippen LogP contribution >= 0.6 is 0 Å². The highest BCUT2D eigenvalue weighted by molar-refractivity contribution is 6.06. The van der Waals surface area contributed by atoms with Gasteiger partial charge in [0.2, 0.25) is 0 Å². The minimum atomic E-state index is 0.849. The second-order valence-corrected chi connectivity index (χ2v) is 15.4. The number of hydrogen-bond donors (Lipinski definition) is 0. The molecule has 0 fully saturated rings. The van der Waals surface area contributed by atoms with E-state index in [1.807, 2.05) is 12.1 Å². The first-order chi connectivity index (χ1) is 30.7. The molecule has 0 aliphatic carbocycles. The highest BCUT2D eigenvalue weighted by Gasteiger charge is 2.23. The summed E-state index contributed by atoms with van der Waals surface area (Å²) >= 11 is 0. The van der Waals surface area contributed by atoms with E-state index in [9.17, 15) is 0 Å². The van der Waals surface area contributed by atoms with E-state index in [0.29, 0.717) is 0 Å². The number of furan rings is 1. The van der Waals surface area contributed by atoms with Crippen molar-refractivity contribution in [3.63, 3.8) is 0 Å². The molecule has 4 nitrogen and oxygen atoms in total. The van der Waals surface area contributed by atoms with Crippen LogP contribution in [-0.2, 0) is 0 Å². The average molecular weight is 796 g/mol. The van der Waals surface area contributed by atoms with Crippen LogP contribution in [0, 0.1) is 0 Å². The van der Waals surface area contributed by atoms with Crippen molar-refractivity contribution in [3.8, 4) is 11.1 Å². The van der Waals surface area contributed by atoms with Gasteiger partial charge in [-0.3, -0.25) is 0 Å². The molecule has 0 unspecified atom stereocenters. The van der Waals surface area contributed by atoms with Gasteiger partial charge in [0.25, 0.3) is 0 Å². The van der Waals surface area contributed by atoms with Gasteiger partial charge >= 0.3 is 0 Å². The Kier molecular flexibility index (Phi) is 9.49. The van der Waals surface area contributed by atoms with Gasteiger partial charge in [0, 0.05) is 67.9 Å². The van der Waals surface area contributed by atoms with Gasteiger partial charge in [0.05, 0.1) is 5.69 Å². The molecule has 0 saturated heterocycles. The molecule has 0 bridgehead atoms. The summed E-state index contributed by atoms with van der Waals surface area (Å²) in [5, 5.41) is 4.59. The number of benzene rings is 10. The van der Waals surface area contributed by atoms with Crippen molar-refractivity contribution in [2.45, 2.75) is 0 Å². The molecule has 294 valence electrons. The number of nitrogens with zero attached hydrogens (tertiary/aromatic N) is 3. The Labute approximate surface area is 361 Å². The summed E-state index contributed by atoms with van der Waals surface area (Å²) in [6.45, 7) is 0. The van der Waals surface area contributed by atoms with Crippen LogP contribution in [0.1, 0.15) is 0 Å².